The molecule has 0 bridgehead atoms. The molecule has 0 aliphatic heterocycles. The van der Waals surface area contributed by atoms with Crippen molar-refractivity contribution in [1.29, 1.82) is 0 Å². The number of carbonyl (C=O) groups is 1. The summed E-state index contributed by atoms with van der Waals surface area (Å²) in [5, 5.41) is 0. The summed E-state index contributed by atoms with van der Waals surface area (Å²) >= 11 is 1.81. The Morgan fingerprint density at radius 2 is 2.25 bits per heavy atom. The lowest BCUT2D eigenvalue weighted by Gasteiger charge is -2.23. The molecule has 0 spiro atoms. The maximum Gasteiger partial charge on any atom is 0.218 e. The summed E-state index contributed by atoms with van der Waals surface area (Å²) in [5.41, 5.74) is 5.04. The zero-order valence-corrected chi connectivity index (χ0v) is 8.86. The van der Waals surface area contributed by atoms with Gasteiger partial charge in [-0.15, -0.1) is 0 Å². The number of hydrogen-bond acceptors (Lipinski definition) is 3. The van der Waals surface area contributed by atoms with Crippen LogP contribution in [0.15, 0.2) is 0 Å². The summed E-state index contributed by atoms with van der Waals surface area (Å²) in [6, 6.07) is 0.513. The number of thioether (sulfide) groups is 1. The number of primary amides is 1. The van der Waals surface area contributed by atoms with Gasteiger partial charge >= 0.3 is 0 Å². The van der Waals surface area contributed by atoms with E-state index in [0.29, 0.717) is 12.5 Å². The molecule has 0 radical (unpaired) electrons. The lowest BCUT2D eigenvalue weighted by molar-refractivity contribution is -0.118. The smallest absolute Gasteiger partial charge is 0.218 e. The Morgan fingerprint density at radius 3 is 2.67 bits per heavy atom. The van der Waals surface area contributed by atoms with E-state index in [1.165, 1.54) is 0 Å². The molecule has 0 aromatic rings. The van der Waals surface area contributed by atoms with Gasteiger partial charge in [0.1, 0.15) is 0 Å². The molecule has 12 heavy (non-hydrogen) atoms. The van der Waals surface area contributed by atoms with E-state index >= 15 is 0 Å². The topological polar surface area (TPSA) is 46.3 Å². The lowest BCUT2D eigenvalue weighted by atomic mass is 10.3. The minimum atomic E-state index is -0.224. The lowest BCUT2D eigenvalue weighted by Crippen LogP contribution is -2.33. The van der Waals surface area contributed by atoms with Gasteiger partial charge in [-0.2, -0.15) is 11.8 Å². The van der Waals surface area contributed by atoms with Crippen LogP contribution in [0.2, 0.25) is 0 Å². The third-order valence-electron chi connectivity index (χ3n) is 1.87. The van der Waals surface area contributed by atoms with Gasteiger partial charge in [-0.1, -0.05) is 0 Å². The van der Waals surface area contributed by atoms with Crippen LogP contribution in [0, 0.1) is 0 Å². The number of nitrogens with two attached hydrogens (primary N) is 1. The zero-order chi connectivity index (χ0) is 9.56. The van der Waals surface area contributed by atoms with Crippen molar-refractivity contribution in [2.24, 2.45) is 5.73 Å². The normalized spacial score (nSPS) is 13.3. The minimum Gasteiger partial charge on any atom is -0.370 e. The number of amides is 1. The highest BCUT2D eigenvalue weighted by atomic mass is 32.2. The van der Waals surface area contributed by atoms with E-state index < -0.39 is 0 Å². The van der Waals surface area contributed by atoms with Crippen molar-refractivity contribution in [3.63, 3.8) is 0 Å². The highest BCUT2D eigenvalue weighted by Gasteiger charge is 2.08. The van der Waals surface area contributed by atoms with Crippen LogP contribution in [0.5, 0.6) is 0 Å². The predicted molar refractivity (Wildman–Crippen MR) is 54.3 cm³/mol. The first-order valence-electron chi connectivity index (χ1n) is 4.05. The van der Waals surface area contributed by atoms with Gasteiger partial charge in [-0.3, -0.25) is 4.79 Å². The molecular weight excluding hydrogens is 172 g/mol. The van der Waals surface area contributed by atoms with Crippen LogP contribution < -0.4 is 5.73 Å². The number of carbonyl (C=O) groups excluding carboxylic acids is 1. The Kier molecular flexibility index (Phi) is 6.20. The highest BCUT2D eigenvalue weighted by Crippen LogP contribution is 2.03. The fourth-order valence-electron chi connectivity index (χ4n) is 0.875. The van der Waals surface area contributed by atoms with Crippen LogP contribution in [-0.4, -0.2) is 42.4 Å². The molecule has 0 saturated carbocycles. The first-order valence-corrected chi connectivity index (χ1v) is 5.44. The molecule has 1 unspecified atom stereocenters. The average molecular weight is 190 g/mol. The van der Waals surface area contributed by atoms with E-state index in [2.05, 4.69) is 18.1 Å². The molecule has 3 nitrogen and oxygen atoms in total. The van der Waals surface area contributed by atoms with Gasteiger partial charge in [0.15, 0.2) is 0 Å². The van der Waals surface area contributed by atoms with Crippen molar-refractivity contribution in [3.8, 4) is 0 Å². The molecule has 4 heteroatoms. The number of nitrogens with zero attached hydrogens (tertiary/aromatic N) is 1. The Balaban J connectivity index is 3.55. The quantitative estimate of drug-likeness (QED) is 0.665. The summed E-state index contributed by atoms with van der Waals surface area (Å²) in [7, 11) is 2.02. The van der Waals surface area contributed by atoms with E-state index in [9.17, 15) is 4.79 Å². The largest absolute Gasteiger partial charge is 0.370 e. The van der Waals surface area contributed by atoms with Gasteiger partial charge in [0.05, 0.1) is 0 Å². The van der Waals surface area contributed by atoms with Crippen molar-refractivity contribution in [3.05, 3.63) is 0 Å². The highest BCUT2D eigenvalue weighted by molar-refractivity contribution is 7.98. The molecule has 0 aromatic heterocycles. The third kappa shape index (κ3) is 5.43. The molecule has 0 aliphatic carbocycles. The fraction of sp³-hybridized carbons (Fsp3) is 0.875. The molecule has 1 atom stereocenters. The van der Waals surface area contributed by atoms with Gasteiger partial charge in [-0.05, 0) is 20.2 Å². The van der Waals surface area contributed by atoms with Crippen molar-refractivity contribution < 1.29 is 4.79 Å². The summed E-state index contributed by atoms with van der Waals surface area (Å²) < 4.78 is 0. The second kappa shape index (κ2) is 6.31. The van der Waals surface area contributed by atoms with E-state index in [0.717, 1.165) is 12.3 Å². The summed E-state index contributed by atoms with van der Waals surface area (Å²) in [6.07, 6.45) is 2.54. The average Bonchev–Trinajstić information content (AvgIpc) is 2.00. The Bertz CT molecular complexity index is 141. The van der Waals surface area contributed by atoms with Crippen LogP contribution in [-0.2, 0) is 4.79 Å². The molecule has 0 saturated heterocycles. The van der Waals surface area contributed by atoms with Crippen LogP contribution in [0.4, 0.5) is 0 Å². The SMILES string of the molecule is CSCC(C)N(C)CCC(N)=O. The first kappa shape index (κ1) is 11.8. The summed E-state index contributed by atoms with van der Waals surface area (Å²) in [6.45, 7) is 2.91. The number of hydrogen-bond donors (Lipinski definition) is 1. The maximum atomic E-state index is 10.5. The summed E-state index contributed by atoms with van der Waals surface area (Å²) in [4.78, 5) is 12.6. The molecule has 2 N–H and O–H groups in total. The van der Waals surface area contributed by atoms with Crippen LogP contribution in [0.3, 0.4) is 0 Å². The second-order valence-electron chi connectivity index (χ2n) is 3.00. The van der Waals surface area contributed by atoms with Gasteiger partial charge in [0, 0.05) is 24.8 Å². The third-order valence-corrected chi connectivity index (χ3v) is 2.69. The molecular formula is C8H18N2OS. The second-order valence-corrected chi connectivity index (χ2v) is 3.91. The summed E-state index contributed by atoms with van der Waals surface area (Å²) in [5.74, 6) is 0.869. The predicted octanol–water partition coefficient (Wildman–Crippen LogP) is 0.545. The van der Waals surface area contributed by atoms with E-state index in [1.807, 2.05) is 18.8 Å². The minimum absolute atomic E-state index is 0.224. The number of rotatable bonds is 6. The Labute approximate surface area is 78.7 Å². The molecule has 72 valence electrons. The molecule has 0 aliphatic rings. The first-order chi connectivity index (χ1) is 5.57. The molecule has 0 aromatic carbocycles. The van der Waals surface area contributed by atoms with Crippen molar-refractivity contribution >= 4 is 17.7 Å². The van der Waals surface area contributed by atoms with Gasteiger partial charge < -0.3 is 10.6 Å². The van der Waals surface area contributed by atoms with Crippen molar-refractivity contribution in [2.45, 2.75) is 19.4 Å². The van der Waals surface area contributed by atoms with E-state index in [1.54, 1.807) is 0 Å². The van der Waals surface area contributed by atoms with Crippen molar-refractivity contribution in [2.75, 3.05) is 25.6 Å². The van der Waals surface area contributed by atoms with Gasteiger partial charge in [0.2, 0.25) is 5.91 Å². The molecule has 0 fully saturated rings. The van der Waals surface area contributed by atoms with E-state index in [4.69, 9.17) is 5.73 Å². The molecule has 0 rings (SSSR count). The standard InChI is InChI=1S/C8H18N2OS/c1-7(6-12-3)10(2)5-4-8(9)11/h7H,4-6H2,1-3H3,(H2,9,11). The zero-order valence-electron chi connectivity index (χ0n) is 8.04. The molecule has 0 heterocycles. The van der Waals surface area contributed by atoms with Gasteiger partial charge in [-0.25, -0.2) is 0 Å². The van der Waals surface area contributed by atoms with Crippen LogP contribution in [0.1, 0.15) is 13.3 Å². The van der Waals surface area contributed by atoms with E-state index in [-0.39, 0.29) is 5.91 Å². The molecule has 1 amide bonds. The maximum absolute atomic E-state index is 10.5. The fourth-order valence-corrected chi connectivity index (χ4v) is 1.61. The Morgan fingerprint density at radius 1 is 1.67 bits per heavy atom. The van der Waals surface area contributed by atoms with Crippen molar-refractivity contribution in [1.82, 2.24) is 4.90 Å². The van der Waals surface area contributed by atoms with Crippen LogP contribution in [0.25, 0.3) is 0 Å². The Hall–Kier alpha value is -0.220. The van der Waals surface area contributed by atoms with Gasteiger partial charge in [0.25, 0.3) is 0 Å². The monoisotopic (exact) mass is 190 g/mol. The van der Waals surface area contributed by atoms with Crippen LogP contribution >= 0.6 is 11.8 Å².